The van der Waals surface area contributed by atoms with Gasteiger partial charge >= 0.3 is 0 Å². The summed E-state index contributed by atoms with van der Waals surface area (Å²) in [7, 11) is 1.50. The number of anilines is 1. The maximum Gasteiger partial charge on any atom is 0.0537 e. The van der Waals surface area contributed by atoms with Crippen LogP contribution in [0, 0.1) is 5.21 Å². The normalized spacial score (nSPS) is 10.9. The Morgan fingerprint density at radius 1 is 1.07 bits per heavy atom. The monoisotopic (exact) mass is 203 g/mol. The molecule has 0 spiro atoms. The molecule has 4 nitrogen and oxygen atoms in total. The van der Waals surface area contributed by atoms with Gasteiger partial charge in [0.25, 0.3) is 0 Å². The zero-order chi connectivity index (χ0) is 10.8. The van der Waals surface area contributed by atoms with Crippen molar-refractivity contribution in [3.05, 3.63) is 47.7 Å². The average Bonchev–Trinajstić information content (AvgIpc) is 2.27. The molecule has 0 amide bonds. The Morgan fingerprint density at radius 3 is 2.40 bits per heavy atom. The van der Waals surface area contributed by atoms with Crippen molar-refractivity contribution >= 4 is 16.5 Å². The predicted octanol–water partition coefficient (Wildman–Crippen LogP) is 2.38. The van der Waals surface area contributed by atoms with Gasteiger partial charge in [-0.3, -0.25) is 5.01 Å². The maximum absolute atomic E-state index is 10.7. The summed E-state index contributed by atoms with van der Waals surface area (Å²) < 4.78 is 0. The summed E-state index contributed by atoms with van der Waals surface area (Å²) in [6, 6.07) is 13.4. The Kier molecular flexibility index (Phi) is 2.55. The van der Waals surface area contributed by atoms with Gasteiger partial charge in [0.05, 0.1) is 5.69 Å². The second-order valence-corrected chi connectivity index (χ2v) is 3.31. The lowest BCUT2D eigenvalue weighted by atomic mass is 10.1. The van der Waals surface area contributed by atoms with E-state index in [4.69, 9.17) is 5.21 Å². The summed E-state index contributed by atoms with van der Waals surface area (Å²) in [6.07, 6.45) is 0. The third-order valence-electron chi connectivity index (χ3n) is 2.36. The summed E-state index contributed by atoms with van der Waals surface area (Å²) in [6.45, 7) is 0. The lowest BCUT2D eigenvalue weighted by Crippen LogP contribution is -2.31. The molecule has 2 rings (SSSR count). The third kappa shape index (κ3) is 1.92. The van der Waals surface area contributed by atoms with Crippen LogP contribution in [0.15, 0.2) is 42.5 Å². The topological polar surface area (TPSA) is 49.8 Å². The van der Waals surface area contributed by atoms with Gasteiger partial charge in [-0.15, -0.1) is 0 Å². The van der Waals surface area contributed by atoms with E-state index in [1.807, 2.05) is 36.4 Å². The fourth-order valence-corrected chi connectivity index (χ4v) is 1.48. The maximum atomic E-state index is 10.7. The fourth-order valence-electron chi connectivity index (χ4n) is 1.48. The van der Waals surface area contributed by atoms with E-state index in [0.717, 1.165) is 15.8 Å². The van der Waals surface area contributed by atoms with E-state index in [2.05, 4.69) is 0 Å². The SMILES string of the molecule is CN(c1ccc2ccccc2c1)N([O-])O. The van der Waals surface area contributed by atoms with Gasteiger partial charge in [0.15, 0.2) is 0 Å². The molecule has 0 aliphatic heterocycles. The molecule has 1 N–H and O–H groups in total. The minimum Gasteiger partial charge on any atom is -0.743 e. The molecule has 0 aliphatic carbocycles. The fraction of sp³-hybridized carbons (Fsp3) is 0.0909. The molecule has 0 aromatic heterocycles. The van der Waals surface area contributed by atoms with Gasteiger partial charge < -0.3 is 10.4 Å². The second-order valence-electron chi connectivity index (χ2n) is 3.31. The molecule has 2 aromatic carbocycles. The Bertz CT molecular complexity index is 471. The lowest BCUT2D eigenvalue weighted by Gasteiger charge is -2.32. The van der Waals surface area contributed by atoms with E-state index >= 15 is 0 Å². The summed E-state index contributed by atoms with van der Waals surface area (Å²) in [5.74, 6) is 0. The van der Waals surface area contributed by atoms with Crippen LogP contribution in [0.4, 0.5) is 5.69 Å². The molecular weight excluding hydrogens is 192 g/mol. The highest BCUT2D eigenvalue weighted by Gasteiger charge is 2.01. The van der Waals surface area contributed by atoms with Crippen LogP contribution in [0.5, 0.6) is 0 Å². The number of rotatable bonds is 2. The van der Waals surface area contributed by atoms with E-state index in [1.165, 1.54) is 7.05 Å². The first-order valence-electron chi connectivity index (χ1n) is 4.57. The first kappa shape index (κ1) is 9.92. The largest absolute Gasteiger partial charge is 0.743 e. The van der Waals surface area contributed by atoms with Gasteiger partial charge in [-0.1, -0.05) is 30.3 Å². The molecule has 0 fully saturated rings. The molecule has 15 heavy (non-hydrogen) atoms. The van der Waals surface area contributed by atoms with Gasteiger partial charge in [0.1, 0.15) is 0 Å². The van der Waals surface area contributed by atoms with Crippen LogP contribution in [0.3, 0.4) is 0 Å². The molecular formula is C11H11N2O2-. The zero-order valence-corrected chi connectivity index (χ0v) is 8.29. The number of nitrogens with zero attached hydrogens (tertiary/aromatic N) is 2. The van der Waals surface area contributed by atoms with Crippen LogP contribution in [-0.2, 0) is 0 Å². The lowest BCUT2D eigenvalue weighted by molar-refractivity contribution is -0.0471. The summed E-state index contributed by atoms with van der Waals surface area (Å²) in [5, 5.41) is 22.5. The summed E-state index contributed by atoms with van der Waals surface area (Å²) in [4.78, 5) is 0. The Balaban J connectivity index is 2.47. The van der Waals surface area contributed by atoms with Gasteiger partial charge in [0, 0.05) is 7.05 Å². The molecule has 0 atom stereocenters. The number of hydrogen-bond donors (Lipinski definition) is 1. The standard InChI is InChI=1S/C11H11N2O2/c1-12(13(14)15)11-7-6-9-4-2-3-5-10(9)8-11/h2-8,14H,1H3/q-1. The van der Waals surface area contributed by atoms with Gasteiger partial charge in [-0.05, 0) is 22.9 Å². The summed E-state index contributed by atoms with van der Waals surface area (Å²) in [5.41, 5.74) is 0.645. The Labute approximate surface area is 87.5 Å². The third-order valence-corrected chi connectivity index (χ3v) is 2.36. The van der Waals surface area contributed by atoms with E-state index < -0.39 is 0 Å². The van der Waals surface area contributed by atoms with E-state index in [1.54, 1.807) is 6.07 Å². The predicted molar refractivity (Wildman–Crippen MR) is 59.3 cm³/mol. The van der Waals surface area contributed by atoms with Crippen LogP contribution in [-0.4, -0.2) is 17.6 Å². The van der Waals surface area contributed by atoms with Crippen LogP contribution >= 0.6 is 0 Å². The highest BCUT2D eigenvalue weighted by atomic mass is 16.8. The number of fused-ring (bicyclic) bond motifs is 1. The van der Waals surface area contributed by atoms with Crippen molar-refractivity contribution in [1.82, 2.24) is 5.34 Å². The number of hydrazine groups is 1. The molecule has 2 aromatic rings. The van der Waals surface area contributed by atoms with E-state index in [-0.39, 0.29) is 5.34 Å². The molecule has 0 heterocycles. The van der Waals surface area contributed by atoms with Crippen molar-refractivity contribution in [2.75, 3.05) is 12.1 Å². The van der Waals surface area contributed by atoms with Gasteiger partial charge in [-0.2, -0.15) is 5.34 Å². The minimum absolute atomic E-state index is 0.190. The highest BCUT2D eigenvalue weighted by molar-refractivity contribution is 5.85. The minimum atomic E-state index is -0.190. The van der Waals surface area contributed by atoms with Crippen molar-refractivity contribution < 1.29 is 5.21 Å². The van der Waals surface area contributed by atoms with Crippen LogP contribution in [0.25, 0.3) is 10.8 Å². The Hall–Kier alpha value is -1.62. The van der Waals surface area contributed by atoms with Crippen LogP contribution < -0.4 is 5.01 Å². The van der Waals surface area contributed by atoms with Crippen molar-refractivity contribution in [2.24, 2.45) is 0 Å². The quantitative estimate of drug-likeness (QED) is 0.761. The molecule has 78 valence electrons. The Morgan fingerprint density at radius 2 is 1.73 bits per heavy atom. The number of benzene rings is 2. The van der Waals surface area contributed by atoms with E-state index in [0.29, 0.717) is 5.69 Å². The molecule has 0 radical (unpaired) electrons. The van der Waals surface area contributed by atoms with Gasteiger partial charge in [-0.25, -0.2) is 0 Å². The smallest absolute Gasteiger partial charge is 0.0537 e. The molecule has 0 saturated carbocycles. The van der Waals surface area contributed by atoms with Crippen molar-refractivity contribution in [3.63, 3.8) is 0 Å². The first-order chi connectivity index (χ1) is 7.18. The summed E-state index contributed by atoms with van der Waals surface area (Å²) >= 11 is 0. The van der Waals surface area contributed by atoms with Gasteiger partial charge in [0.2, 0.25) is 0 Å². The highest BCUT2D eigenvalue weighted by Crippen LogP contribution is 2.21. The molecule has 0 unspecified atom stereocenters. The molecule has 0 aliphatic rings. The van der Waals surface area contributed by atoms with Crippen LogP contribution in [0.1, 0.15) is 0 Å². The molecule has 4 heteroatoms. The molecule has 0 bridgehead atoms. The molecule has 0 saturated heterocycles. The second kappa shape index (κ2) is 3.86. The zero-order valence-electron chi connectivity index (χ0n) is 8.29. The number of hydrogen-bond acceptors (Lipinski definition) is 4. The van der Waals surface area contributed by atoms with E-state index in [9.17, 15) is 5.21 Å². The first-order valence-corrected chi connectivity index (χ1v) is 4.57. The van der Waals surface area contributed by atoms with Crippen molar-refractivity contribution in [1.29, 1.82) is 0 Å². The van der Waals surface area contributed by atoms with Crippen molar-refractivity contribution in [2.45, 2.75) is 0 Å². The average molecular weight is 203 g/mol. The van der Waals surface area contributed by atoms with Crippen molar-refractivity contribution in [3.8, 4) is 0 Å². The van der Waals surface area contributed by atoms with Crippen LogP contribution in [0.2, 0.25) is 0 Å².